The van der Waals surface area contributed by atoms with Crippen LogP contribution in [0.25, 0.3) is 0 Å². The Hall–Kier alpha value is -2.67. The first-order valence-corrected chi connectivity index (χ1v) is 12.1. The number of fused-ring (bicyclic) bond motifs is 1. The molecule has 7 nitrogen and oxygen atoms in total. The molecule has 1 amide bonds. The molecular weight excluding hydrogens is 402 g/mol. The molecule has 4 aliphatic rings. The SMILES string of the molecule is O=C(c1cccc(N2CCCC2)c1)N1CCN2C[C@H](Oc3cnc(C4CC4)cn3)C[C@H]2C1. The second-order valence-corrected chi connectivity index (χ2v) is 9.67. The molecule has 168 valence electrons. The van der Waals surface area contributed by atoms with Crippen LogP contribution in [0.1, 0.15) is 54.1 Å². The fraction of sp³-hybridized carbons (Fsp3) is 0.560. The van der Waals surface area contributed by atoms with Gasteiger partial charge in [0.05, 0.1) is 18.1 Å². The maximum absolute atomic E-state index is 13.3. The van der Waals surface area contributed by atoms with Gasteiger partial charge in [0.25, 0.3) is 5.91 Å². The van der Waals surface area contributed by atoms with Crippen LogP contribution in [0.4, 0.5) is 5.69 Å². The Morgan fingerprint density at radius 1 is 1.00 bits per heavy atom. The number of carbonyl (C=O) groups is 1. The van der Waals surface area contributed by atoms with Crippen molar-refractivity contribution in [3.05, 3.63) is 47.9 Å². The monoisotopic (exact) mass is 433 g/mol. The van der Waals surface area contributed by atoms with Crippen molar-refractivity contribution in [3.63, 3.8) is 0 Å². The van der Waals surface area contributed by atoms with Gasteiger partial charge in [-0.3, -0.25) is 14.7 Å². The average Bonchev–Trinajstić information content (AvgIpc) is 3.37. The fourth-order valence-corrected chi connectivity index (χ4v) is 5.41. The highest BCUT2D eigenvalue weighted by Crippen LogP contribution is 2.38. The number of hydrogen-bond donors (Lipinski definition) is 0. The second-order valence-electron chi connectivity index (χ2n) is 9.67. The average molecular weight is 434 g/mol. The van der Waals surface area contributed by atoms with Gasteiger partial charge in [-0.1, -0.05) is 6.07 Å². The zero-order chi connectivity index (χ0) is 21.5. The van der Waals surface area contributed by atoms with Crippen LogP contribution in [0.5, 0.6) is 5.88 Å². The van der Waals surface area contributed by atoms with Gasteiger partial charge in [-0.15, -0.1) is 0 Å². The number of amides is 1. The predicted octanol–water partition coefficient (Wildman–Crippen LogP) is 2.93. The molecule has 4 heterocycles. The molecule has 6 rings (SSSR count). The molecule has 2 atom stereocenters. The van der Waals surface area contributed by atoms with Gasteiger partial charge in [0, 0.05) is 68.9 Å². The van der Waals surface area contributed by atoms with Crippen molar-refractivity contribution < 1.29 is 9.53 Å². The minimum absolute atomic E-state index is 0.106. The first-order valence-electron chi connectivity index (χ1n) is 12.1. The number of rotatable bonds is 5. The summed E-state index contributed by atoms with van der Waals surface area (Å²) >= 11 is 0. The van der Waals surface area contributed by atoms with E-state index in [1.165, 1.54) is 31.4 Å². The molecule has 7 heteroatoms. The fourth-order valence-electron chi connectivity index (χ4n) is 5.41. The van der Waals surface area contributed by atoms with Crippen LogP contribution >= 0.6 is 0 Å². The summed E-state index contributed by atoms with van der Waals surface area (Å²) in [5.74, 6) is 1.37. The van der Waals surface area contributed by atoms with E-state index in [2.05, 4.69) is 31.9 Å². The van der Waals surface area contributed by atoms with Crippen LogP contribution in [0.2, 0.25) is 0 Å². The highest BCUT2D eigenvalue weighted by Gasteiger charge is 2.39. The Morgan fingerprint density at radius 3 is 2.66 bits per heavy atom. The number of piperazine rings is 1. The minimum atomic E-state index is 0.106. The van der Waals surface area contributed by atoms with Crippen LogP contribution in [-0.2, 0) is 0 Å². The van der Waals surface area contributed by atoms with Gasteiger partial charge in [-0.2, -0.15) is 0 Å². The van der Waals surface area contributed by atoms with Crippen molar-refractivity contribution in [2.45, 2.75) is 50.2 Å². The summed E-state index contributed by atoms with van der Waals surface area (Å²) in [6, 6.07) is 8.52. The third-order valence-corrected chi connectivity index (χ3v) is 7.36. The topological polar surface area (TPSA) is 61.8 Å². The van der Waals surface area contributed by atoms with Crippen molar-refractivity contribution in [1.82, 2.24) is 19.8 Å². The van der Waals surface area contributed by atoms with Gasteiger partial charge in [-0.25, -0.2) is 4.98 Å². The number of benzene rings is 1. The first kappa shape index (κ1) is 20.0. The zero-order valence-electron chi connectivity index (χ0n) is 18.5. The van der Waals surface area contributed by atoms with Crippen LogP contribution < -0.4 is 9.64 Å². The zero-order valence-corrected chi connectivity index (χ0v) is 18.5. The Morgan fingerprint density at radius 2 is 1.88 bits per heavy atom. The van der Waals surface area contributed by atoms with Gasteiger partial charge in [0.1, 0.15) is 6.10 Å². The van der Waals surface area contributed by atoms with Crippen molar-refractivity contribution in [3.8, 4) is 5.88 Å². The van der Waals surface area contributed by atoms with Crippen molar-refractivity contribution in [2.24, 2.45) is 0 Å². The molecule has 1 aromatic heterocycles. The normalized spacial score (nSPS) is 25.8. The highest BCUT2D eigenvalue weighted by atomic mass is 16.5. The number of aromatic nitrogens is 2. The maximum atomic E-state index is 13.3. The molecule has 2 aromatic rings. The summed E-state index contributed by atoms with van der Waals surface area (Å²) in [5, 5.41) is 0. The molecule has 4 fully saturated rings. The Bertz CT molecular complexity index is 971. The number of anilines is 1. The molecule has 0 unspecified atom stereocenters. The van der Waals surface area contributed by atoms with E-state index in [9.17, 15) is 4.79 Å². The van der Waals surface area contributed by atoms with E-state index >= 15 is 0 Å². The van der Waals surface area contributed by atoms with Crippen LogP contribution in [-0.4, -0.2) is 77.1 Å². The summed E-state index contributed by atoms with van der Waals surface area (Å²) in [5.41, 5.74) is 3.07. The summed E-state index contributed by atoms with van der Waals surface area (Å²) in [7, 11) is 0. The number of nitrogens with zero attached hydrogens (tertiary/aromatic N) is 5. The number of ether oxygens (including phenoxy) is 1. The van der Waals surface area contributed by atoms with Crippen molar-refractivity contribution in [1.29, 1.82) is 0 Å². The minimum Gasteiger partial charge on any atom is -0.472 e. The smallest absolute Gasteiger partial charge is 0.254 e. The molecule has 1 aliphatic carbocycles. The molecule has 1 aromatic carbocycles. The van der Waals surface area contributed by atoms with Crippen molar-refractivity contribution in [2.75, 3.05) is 44.2 Å². The Kier molecular flexibility index (Phi) is 5.21. The molecular formula is C25H31N5O2. The summed E-state index contributed by atoms with van der Waals surface area (Å²) in [6.07, 6.45) is 9.60. The molecule has 0 N–H and O–H groups in total. The van der Waals surface area contributed by atoms with Gasteiger partial charge in [0.15, 0.2) is 0 Å². The lowest BCUT2D eigenvalue weighted by Gasteiger charge is -2.37. The quantitative estimate of drug-likeness (QED) is 0.723. The number of carbonyl (C=O) groups excluding carboxylic acids is 1. The van der Waals surface area contributed by atoms with Crippen LogP contribution in [0.15, 0.2) is 36.7 Å². The first-order chi connectivity index (χ1) is 15.7. The Balaban J connectivity index is 1.07. The molecule has 32 heavy (non-hydrogen) atoms. The molecule has 1 saturated carbocycles. The molecule has 0 spiro atoms. The van der Waals surface area contributed by atoms with Crippen LogP contribution in [0, 0.1) is 0 Å². The third kappa shape index (κ3) is 4.06. The molecule has 3 saturated heterocycles. The molecule has 3 aliphatic heterocycles. The van der Waals surface area contributed by atoms with Crippen molar-refractivity contribution >= 4 is 11.6 Å². The second kappa shape index (κ2) is 8.35. The van der Waals surface area contributed by atoms with E-state index in [1.807, 2.05) is 23.2 Å². The van der Waals surface area contributed by atoms with Gasteiger partial charge >= 0.3 is 0 Å². The lowest BCUT2D eigenvalue weighted by molar-refractivity contribution is 0.0569. The van der Waals surface area contributed by atoms with E-state index in [-0.39, 0.29) is 12.0 Å². The van der Waals surface area contributed by atoms with E-state index in [1.54, 1.807) is 6.20 Å². The summed E-state index contributed by atoms with van der Waals surface area (Å²) in [4.78, 5) is 29.1. The Labute approximate surface area is 189 Å². The largest absolute Gasteiger partial charge is 0.472 e. The van der Waals surface area contributed by atoms with E-state index in [0.29, 0.717) is 17.8 Å². The summed E-state index contributed by atoms with van der Waals surface area (Å²) < 4.78 is 6.15. The van der Waals surface area contributed by atoms with Gasteiger partial charge < -0.3 is 14.5 Å². The molecule has 0 bridgehead atoms. The highest BCUT2D eigenvalue weighted by molar-refractivity contribution is 5.95. The van der Waals surface area contributed by atoms with E-state index in [0.717, 1.165) is 56.9 Å². The predicted molar refractivity (Wildman–Crippen MR) is 122 cm³/mol. The number of hydrogen-bond acceptors (Lipinski definition) is 6. The van der Waals surface area contributed by atoms with Crippen LogP contribution in [0.3, 0.4) is 0 Å². The lowest BCUT2D eigenvalue weighted by atomic mass is 10.1. The molecule has 0 radical (unpaired) electrons. The maximum Gasteiger partial charge on any atom is 0.254 e. The lowest BCUT2D eigenvalue weighted by Crippen LogP contribution is -2.52. The van der Waals surface area contributed by atoms with E-state index in [4.69, 9.17) is 4.74 Å². The standard InChI is InChI=1S/C25H31N5O2/c31-25(19-4-3-5-20(12-19)28-8-1-2-9-28)30-11-10-29-17-22(13-21(29)16-30)32-24-15-26-23(14-27-24)18-6-7-18/h3-5,12,14-15,18,21-22H,1-2,6-11,13,16-17H2/t21-,22+/m0/s1. The van der Waals surface area contributed by atoms with Gasteiger partial charge in [0.2, 0.25) is 5.88 Å². The summed E-state index contributed by atoms with van der Waals surface area (Å²) in [6.45, 7) is 5.50. The third-order valence-electron chi connectivity index (χ3n) is 7.36. The van der Waals surface area contributed by atoms with E-state index < -0.39 is 0 Å². The van der Waals surface area contributed by atoms with Gasteiger partial charge in [-0.05, 0) is 43.9 Å².